The fourth-order valence-electron chi connectivity index (χ4n) is 5.87. The van der Waals surface area contributed by atoms with Crippen molar-refractivity contribution in [3.05, 3.63) is 151 Å². The molecule has 0 saturated heterocycles. The highest BCUT2D eigenvalue weighted by Gasteiger charge is 2.32. The summed E-state index contributed by atoms with van der Waals surface area (Å²) in [5.74, 6) is 1.05. The van der Waals surface area contributed by atoms with E-state index in [0.29, 0.717) is 35.4 Å². The van der Waals surface area contributed by atoms with Gasteiger partial charge in [-0.25, -0.2) is 4.99 Å². The van der Waals surface area contributed by atoms with Gasteiger partial charge >= 0.3 is 0 Å². The summed E-state index contributed by atoms with van der Waals surface area (Å²) < 4.78 is 15.9. The standard InChI is InChI=1S/C35H24Br2Cl2N2O3S/c1-43-29-15-19(14-27(37)33(29)44-18-22-8-12-24(38)17-28(22)39)16-30-34(42)41-32(21-6-10-23(36)11-7-21)26-13-9-20-4-2-3-5-25(20)31(26)40-35(41)45-30/h2-8,10-12,14-17,32H,9,13,18H2,1H3/b30-16-/t32-/m0/s1. The van der Waals surface area contributed by atoms with E-state index in [9.17, 15) is 4.79 Å². The molecule has 0 radical (unpaired) electrons. The van der Waals surface area contributed by atoms with Gasteiger partial charge in [-0.2, -0.15) is 0 Å². The van der Waals surface area contributed by atoms with E-state index in [0.717, 1.165) is 45.3 Å². The van der Waals surface area contributed by atoms with Crippen LogP contribution >= 0.6 is 66.4 Å². The van der Waals surface area contributed by atoms with Crippen LogP contribution in [0.15, 0.2) is 103 Å². The minimum atomic E-state index is -0.239. The number of hydrogen-bond acceptors (Lipinski definition) is 5. The van der Waals surface area contributed by atoms with Gasteiger partial charge in [-0.05, 0) is 93.5 Å². The highest BCUT2D eigenvalue weighted by molar-refractivity contribution is 9.10. The fourth-order valence-corrected chi connectivity index (χ4v) is 8.17. The molecule has 1 aliphatic heterocycles. The van der Waals surface area contributed by atoms with Gasteiger partial charge in [0.15, 0.2) is 16.3 Å². The number of halogens is 4. The fraction of sp³-hybridized carbons (Fsp3) is 0.143. The topological polar surface area (TPSA) is 52.8 Å². The molecule has 45 heavy (non-hydrogen) atoms. The second-order valence-electron chi connectivity index (χ2n) is 10.7. The SMILES string of the molecule is COc1cc(/C=c2\sc3n(c2=O)[C@@H](c2ccc(Br)cc2)C2=C(N=3)c3ccccc3CC2)cc(Br)c1OCc1ccc(Cl)cc1Cl. The Bertz CT molecular complexity index is 2190. The lowest BCUT2D eigenvalue weighted by Crippen LogP contribution is -2.38. The van der Waals surface area contributed by atoms with Gasteiger partial charge in [-0.15, -0.1) is 0 Å². The average molecular weight is 783 g/mol. The number of thiazole rings is 1. The lowest BCUT2D eigenvalue weighted by Gasteiger charge is -2.30. The first kappa shape index (κ1) is 30.5. The summed E-state index contributed by atoms with van der Waals surface area (Å²) in [6.45, 7) is 0.229. The van der Waals surface area contributed by atoms with Crippen molar-refractivity contribution in [3.8, 4) is 11.5 Å². The molecule has 5 aromatic rings. The Morgan fingerprint density at radius 1 is 1.02 bits per heavy atom. The second kappa shape index (κ2) is 12.6. The Labute approximate surface area is 290 Å². The Balaban J connectivity index is 1.31. The van der Waals surface area contributed by atoms with Crippen LogP contribution < -0.4 is 24.4 Å². The van der Waals surface area contributed by atoms with E-state index in [1.165, 1.54) is 22.5 Å². The molecule has 0 fully saturated rings. The maximum atomic E-state index is 14.2. The molecule has 1 aliphatic carbocycles. The van der Waals surface area contributed by atoms with E-state index in [1.54, 1.807) is 19.2 Å². The third kappa shape index (κ3) is 5.83. The smallest absolute Gasteiger partial charge is 0.271 e. The molecule has 10 heteroatoms. The first-order chi connectivity index (χ1) is 21.8. The van der Waals surface area contributed by atoms with Crippen LogP contribution in [0.4, 0.5) is 0 Å². The van der Waals surface area contributed by atoms with Crippen LogP contribution in [0.3, 0.4) is 0 Å². The highest BCUT2D eigenvalue weighted by Crippen LogP contribution is 2.42. The molecule has 2 heterocycles. The molecule has 4 aromatic carbocycles. The van der Waals surface area contributed by atoms with Gasteiger partial charge in [-0.3, -0.25) is 9.36 Å². The number of fused-ring (bicyclic) bond motifs is 3. The summed E-state index contributed by atoms with van der Waals surface area (Å²) in [5.41, 5.74) is 7.13. The summed E-state index contributed by atoms with van der Waals surface area (Å²) in [4.78, 5) is 20.0. The number of allylic oxidation sites excluding steroid dienone is 1. The Hall–Kier alpha value is -3.14. The van der Waals surface area contributed by atoms with Gasteiger partial charge in [0.25, 0.3) is 5.56 Å². The van der Waals surface area contributed by atoms with Gasteiger partial charge in [0.2, 0.25) is 0 Å². The van der Waals surface area contributed by atoms with Crippen LogP contribution in [-0.4, -0.2) is 11.7 Å². The normalized spacial score (nSPS) is 15.7. The molecule has 0 bridgehead atoms. The van der Waals surface area contributed by atoms with Gasteiger partial charge in [0, 0.05) is 25.6 Å². The van der Waals surface area contributed by atoms with Crippen LogP contribution in [0, 0.1) is 0 Å². The quantitative estimate of drug-likeness (QED) is 0.173. The molecule has 0 saturated carbocycles. The zero-order valence-corrected chi connectivity index (χ0v) is 29.3. The lowest BCUT2D eigenvalue weighted by molar-refractivity contribution is 0.282. The summed E-state index contributed by atoms with van der Waals surface area (Å²) in [6, 6.07) is 25.5. The Kier molecular flexibility index (Phi) is 8.52. The number of benzene rings is 4. The molecule has 226 valence electrons. The molecule has 0 spiro atoms. The van der Waals surface area contributed by atoms with Crippen LogP contribution in [0.25, 0.3) is 11.8 Å². The maximum Gasteiger partial charge on any atom is 0.271 e. The third-order valence-corrected chi connectivity index (χ3v) is 10.7. The molecular formula is C35H24Br2Cl2N2O3S. The van der Waals surface area contributed by atoms with Crippen molar-refractivity contribution in [2.75, 3.05) is 7.11 Å². The minimum Gasteiger partial charge on any atom is -0.493 e. The van der Waals surface area contributed by atoms with Crippen LogP contribution in [0.2, 0.25) is 10.0 Å². The number of methoxy groups -OCH3 is 1. The lowest BCUT2D eigenvalue weighted by atomic mass is 9.83. The van der Waals surface area contributed by atoms with E-state index in [-0.39, 0.29) is 18.2 Å². The third-order valence-electron chi connectivity index (χ3n) is 8.00. The first-order valence-corrected chi connectivity index (χ1v) is 17.3. The van der Waals surface area contributed by atoms with Crippen molar-refractivity contribution in [1.29, 1.82) is 0 Å². The molecule has 1 atom stereocenters. The summed E-state index contributed by atoms with van der Waals surface area (Å²) >= 11 is 21.0. The molecule has 0 N–H and O–H groups in total. The van der Waals surface area contributed by atoms with Crippen LogP contribution in [0.5, 0.6) is 11.5 Å². The van der Waals surface area contributed by atoms with E-state index in [2.05, 4.69) is 68.3 Å². The number of ether oxygens (including phenoxy) is 2. The molecule has 7 rings (SSSR count). The van der Waals surface area contributed by atoms with Gasteiger partial charge in [0.05, 0.1) is 27.9 Å². The van der Waals surface area contributed by atoms with E-state index in [4.69, 9.17) is 37.7 Å². The predicted octanol–water partition coefficient (Wildman–Crippen LogP) is 8.74. The number of aromatic nitrogens is 1. The predicted molar refractivity (Wildman–Crippen MR) is 188 cm³/mol. The van der Waals surface area contributed by atoms with E-state index < -0.39 is 0 Å². The monoisotopic (exact) mass is 780 g/mol. The van der Waals surface area contributed by atoms with Crippen LogP contribution in [0.1, 0.15) is 40.3 Å². The van der Waals surface area contributed by atoms with Crippen molar-refractivity contribution in [3.63, 3.8) is 0 Å². The molecular weight excluding hydrogens is 759 g/mol. The minimum absolute atomic E-state index is 0.0788. The summed E-state index contributed by atoms with van der Waals surface area (Å²) in [6.07, 6.45) is 3.63. The largest absolute Gasteiger partial charge is 0.493 e. The molecule has 0 amide bonds. The first-order valence-electron chi connectivity index (χ1n) is 14.1. The number of rotatable bonds is 6. The Morgan fingerprint density at radius 3 is 2.60 bits per heavy atom. The highest BCUT2D eigenvalue weighted by atomic mass is 79.9. The molecule has 1 aromatic heterocycles. The maximum absolute atomic E-state index is 14.2. The van der Waals surface area contributed by atoms with E-state index >= 15 is 0 Å². The molecule has 0 unspecified atom stereocenters. The van der Waals surface area contributed by atoms with Gasteiger partial charge in [-0.1, -0.05) is 92.9 Å². The number of nitrogens with zero attached hydrogens (tertiary/aromatic N) is 2. The van der Waals surface area contributed by atoms with Gasteiger partial charge < -0.3 is 9.47 Å². The summed E-state index contributed by atoms with van der Waals surface area (Å²) in [5, 5.41) is 1.08. The van der Waals surface area contributed by atoms with Crippen molar-refractivity contribution in [1.82, 2.24) is 4.57 Å². The zero-order chi connectivity index (χ0) is 31.2. The van der Waals surface area contributed by atoms with Crippen molar-refractivity contribution < 1.29 is 9.47 Å². The number of aryl methyl sites for hydroxylation is 1. The van der Waals surface area contributed by atoms with Crippen molar-refractivity contribution in [2.45, 2.75) is 25.5 Å². The average Bonchev–Trinajstić information content (AvgIpc) is 3.34. The van der Waals surface area contributed by atoms with Crippen LogP contribution in [-0.2, 0) is 13.0 Å². The van der Waals surface area contributed by atoms with E-state index in [1.807, 2.05) is 41.0 Å². The summed E-state index contributed by atoms with van der Waals surface area (Å²) in [7, 11) is 1.59. The Morgan fingerprint density at radius 2 is 1.82 bits per heavy atom. The van der Waals surface area contributed by atoms with Gasteiger partial charge in [0.1, 0.15) is 6.61 Å². The van der Waals surface area contributed by atoms with Crippen molar-refractivity contribution >= 4 is 78.2 Å². The van der Waals surface area contributed by atoms with Crippen molar-refractivity contribution in [2.24, 2.45) is 4.99 Å². The number of hydrogen-bond donors (Lipinski definition) is 0. The molecule has 2 aliphatic rings. The molecule has 5 nitrogen and oxygen atoms in total. The second-order valence-corrected chi connectivity index (χ2v) is 14.3. The zero-order valence-electron chi connectivity index (χ0n) is 23.8.